The third-order valence-electron chi connectivity index (χ3n) is 4.28. The highest BCUT2D eigenvalue weighted by molar-refractivity contribution is 7.91. The molecule has 0 saturated carbocycles. The van der Waals surface area contributed by atoms with Crippen molar-refractivity contribution in [3.63, 3.8) is 0 Å². The van der Waals surface area contributed by atoms with Crippen LogP contribution in [-0.4, -0.2) is 20.9 Å². The molecule has 0 fully saturated rings. The molecule has 3 aromatic rings. The molecule has 1 amide bonds. The maximum absolute atomic E-state index is 13.5. The minimum atomic E-state index is -3.60. The lowest BCUT2D eigenvalue weighted by Crippen LogP contribution is -2.28. The molecule has 0 spiro atoms. The lowest BCUT2D eigenvalue weighted by Gasteiger charge is -2.09. The Hall–Kier alpha value is -3.19. The number of carbonyl (C=O) groups is 1. The number of halogens is 1. The number of carbonyl (C=O) groups excluding carboxylic acids is 1. The van der Waals surface area contributed by atoms with Gasteiger partial charge in [-0.3, -0.25) is 4.79 Å². The summed E-state index contributed by atoms with van der Waals surface area (Å²) in [6.07, 6.45) is 0. The smallest absolute Gasteiger partial charge is 0.258 e. The second kappa shape index (κ2) is 8.87. The van der Waals surface area contributed by atoms with Crippen LogP contribution >= 0.6 is 0 Å². The van der Waals surface area contributed by atoms with Gasteiger partial charge >= 0.3 is 0 Å². The normalized spacial score (nSPS) is 11.1. The molecular formula is C22H20FNO4S. The van der Waals surface area contributed by atoms with Crippen molar-refractivity contribution in [3.05, 3.63) is 89.7 Å². The van der Waals surface area contributed by atoms with E-state index in [0.29, 0.717) is 16.9 Å². The van der Waals surface area contributed by atoms with Crippen LogP contribution in [0, 0.1) is 12.7 Å². The predicted octanol–water partition coefficient (Wildman–Crippen LogP) is 3.66. The number of aryl methyl sites for hydroxylation is 1. The van der Waals surface area contributed by atoms with E-state index in [2.05, 4.69) is 5.32 Å². The van der Waals surface area contributed by atoms with E-state index in [1.54, 1.807) is 37.3 Å². The maximum atomic E-state index is 13.5. The molecule has 0 aliphatic rings. The van der Waals surface area contributed by atoms with Gasteiger partial charge in [-0.2, -0.15) is 0 Å². The van der Waals surface area contributed by atoms with Crippen LogP contribution in [0.25, 0.3) is 0 Å². The van der Waals surface area contributed by atoms with Gasteiger partial charge in [-0.15, -0.1) is 0 Å². The second-order valence-electron chi connectivity index (χ2n) is 6.44. The lowest BCUT2D eigenvalue weighted by molar-refractivity contribution is -0.123. The van der Waals surface area contributed by atoms with Gasteiger partial charge in [0.1, 0.15) is 11.6 Å². The molecule has 0 radical (unpaired) electrons. The number of benzene rings is 3. The summed E-state index contributed by atoms with van der Waals surface area (Å²) < 4.78 is 44.0. The Bertz CT molecular complexity index is 1100. The molecule has 150 valence electrons. The number of ether oxygens (including phenoxy) is 1. The lowest BCUT2D eigenvalue weighted by atomic mass is 10.1. The summed E-state index contributed by atoms with van der Waals surface area (Å²) in [5.41, 5.74) is 1.19. The van der Waals surface area contributed by atoms with E-state index in [1.165, 1.54) is 42.5 Å². The van der Waals surface area contributed by atoms with Crippen LogP contribution in [0.4, 0.5) is 4.39 Å². The molecule has 0 aliphatic carbocycles. The molecule has 3 rings (SSSR count). The number of amides is 1. The molecule has 0 bridgehead atoms. The first kappa shape index (κ1) is 20.5. The van der Waals surface area contributed by atoms with Crippen molar-refractivity contribution in [2.24, 2.45) is 0 Å². The first-order chi connectivity index (χ1) is 13.9. The maximum Gasteiger partial charge on any atom is 0.258 e. The van der Waals surface area contributed by atoms with Gasteiger partial charge in [0.05, 0.1) is 9.79 Å². The van der Waals surface area contributed by atoms with E-state index in [0.717, 1.165) is 0 Å². The summed E-state index contributed by atoms with van der Waals surface area (Å²) in [6.45, 7) is 1.62. The average molecular weight is 413 g/mol. The number of nitrogens with one attached hydrogen (secondary N) is 1. The van der Waals surface area contributed by atoms with Crippen LogP contribution in [0.1, 0.15) is 11.1 Å². The summed E-state index contributed by atoms with van der Waals surface area (Å²) in [7, 11) is -3.60. The predicted molar refractivity (Wildman–Crippen MR) is 107 cm³/mol. The summed E-state index contributed by atoms with van der Waals surface area (Å²) in [6, 6.07) is 18.8. The molecule has 0 unspecified atom stereocenters. The van der Waals surface area contributed by atoms with Gasteiger partial charge in [-0.1, -0.05) is 30.3 Å². The Morgan fingerprint density at radius 1 is 0.966 bits per heavy atom. The molecule has 29 heavy (non-hydrogen) atoms. The largest absolute Gasteiger partial charge is 0.484 e. The summed E-state index contributed by atoms with van der Waals surface area (Å²) >= 11 is 0. The van der Waals surface area contributed by atoms with Crippen LogP contribution in [0.5, 0.6) is 5.75 Å². The second-order valence-corrected chi connectivity index (χ2v) is 8.39. The third kappa shape index (κ3) is 5.20. The van der Waals surface area contributed by atoms with Gasteiger partial charge in [0.15, 0.2) is 6.61 Å². The van der Waals surface area contributed by atoms with Gasteiger partial charge in [-0.25, -0.2) is 12.8 Å². The summed E-state index contributed by atoms with van der Waals surface area (Å²) in [5.74, 6) is -0.320. The fourth-order valence-corrected chi connectivity index (χ4v) is 3.88. The van der Waals surface area contributed by atoms with Gasteiger partial charge < -0.3 is 10.1 Å². The first-order valence-corrected chi connectivity index (χ1v) is 10.4. The fourth-order valence-electron chi connectivity index (χ4n) is 2.60. The Labute approximate surface area is 169 Å². The van der Waals surface area contributed by atoms with Crippen LogP contribution in [0.3, 0.4) is 0 Å². The van der Waals surface area contributed by atoms with Crippen LogP contribution in [-0.2, 0) is 21.2 Å². The van der Waals surface area contributed by atoms with E-state index >= 15 is 0 Å². The molecule has 7 heteroatoms. The van der Waals surface area contributed by atoms with Crippen molar-refractivity contribution in [2.75, 3.05) is 6.61 Å². The Balaban J connectivity index is 1.54. The van der Waals surface area contributed by atoms with E-state index in [1.807, 2.05) is 0 Å². The molecule has 0 atom stereocenters. The molecular weight excluding hydrogens is 393 g/mol. The Kier molecular flexibility index (Phi) is 6.29. The van der Waals surface area contributed by atoms with Crippen molar-refractivity contribution < 1.29 is 22.3 Å². The SMILES string of the molecule is Cc1ccc(CNC(=O)COc2ccc(S(=O)(=O)c3ccccc3)cc2)cc1F. The topological polar surface area (TPSA) is 72.5 Å². The zero-order valence-electron chi connectivity index (χ0n) is 15.8. The van der Waals surface area contributed by atoms with Gasteiger partial charge in [0, 0.05) is 6.54 Å². The van der Waals surface area contributed by atoms with Crippen LogP contribution in [0.15, 0.2) is 82.6 Å². The van der Waals surface area contributed by atoms with Gasteiger partial charge in [-0.05, 0) is 60.5 Å². The standard InChI is InChI=1S/C22H20FNO4S/c1-16-7-8-17(13-21(16)23)14-24-22(25)15-28-18-9-11-20(12-10-18)29(26,27)19-5-3-2-4-6-19/h2-13H,14-15H2,1H3,(H,24,25). The van der Waals surface area contributed by atoms with Crippen molar-refractivity contribution in [1.82, 2.24) is 5.32 Å². The molecule has 5 nitrogen and oxygen atoms in total. The zero-order valence-corrected chi connectivity index (χ0v) is 16.6. The monoisotopic (exact) mass is 413 g/mol. The van der Waals surface area contributed by atoms with Crippen LogP contribution < -0.4 is 10.1 Å². The highest BCUT2D eigenvalue weighted by atomic mass is 32.2. The molecule has 3 aromatic carbocycles. The highest BCUT2D eigenvalue weighted by Gasteiger charge is 2.17. The van der Waals surface area contributed by atoms with Gasteiger partial charge in [0.25, 0.3) is 5.91 Å². The minimum Gasteiger partial charge on any atom is -0.484 e. The molecule has 0 aliphatic heterocycles. The number of sulfone groups is 1. The molecule has 0 saturated heterocycles. The Morgan fingerprint density at radius 2 is 1.62 bits per heavy atom. The summed E-state index contributed by atoms with van der Waals surface area (Å²) in [5, 5.41) is 2.65. The molecule has 0 heterocycles. The van der Waals surface area contributed by atoms with Crippen molar-refractivity contribution in [2.45, 2.75) is 23.3 Å². The van der Waals surface area contributed by atoms with E-state index in [-0.39, 0.29) is 34.7 Å². The van der Waals surface area contributed by atoms with E-state index in [9.17, 15) is 17.6 Å². The number of rotatable bonds is 7. The zero-order chi connectivity index (χ0) is 20.9. The third-order valence-corrected chi connectivity index (χ3v) is 6.07. The average Bonchev–Trinajstić information content (AvgIpc) is 2.74. The van der Waals surface area contributed by atoms with Crippen LogP contribution in [0.2, 0.25) is 0 Å². The van der Waals surface area contributed by atoms with E-state index in [4.69, 9.17) is 4.74 Å². The van der Waals surface area contributed by atoms with Gasteiger partial charge in [0.2, 0.25) is 9.84 Å². The molecule has 1 N–H and O–H groups in total. The first-order valence-electron chi connectivity index (χ1n) is 8.91. The Morgan fingerprint density at radius 3 is 2.28 bits per heavy atom. The fraction of sp³-hybridized carbons (Fsp3) is 0.136. The van der Waals surface area contributed by atoms with E-state index < -0.39 is 9.84 Å². The molecule has 0 aromatic heterocycles. The number of hydrogen-bond acceptors (Lipinski definition) is 4. The van der Waals surface area contributed by atoms with Crippen molar-refractivity contribution in [3.8, 4) is 5.75 Å². The minimum absolute atomic E-state index is 0.141. The quantitative estimate of drug-likeness (QED) is 0.642. The number of hydrogen-bond donors (Lipinski definition) is 1. The summed E-state index contributed by atoms with van der Waals surface area (Å²) in [4.78, 5) is 12.3. The van der Waals surface area contributed by atoms with Crippen molar-refractivity contribution >= 4 is 15.7 Å². The van der Waals surface area contributed by atoms with Crippen molar-refractivity contribution in [1.29, 1.82) is 0 Å². The highest BCUT2D eigenvalue weighted by Crippen LogP contribution is 2.22.